The Labute approximate surface area is 132 Å². The zero-order valence-corrected chi connectivity index (χ0v) is 12.8. The van der Waals surface area contributed by atoms with Crippen molar-refractivity contribution in [3.63, 3.8) is 0 Å². The number of hydrogen-bond acceptors (Lipinski definition) is 5. The van der Waals surface area contributed by atoms with Crippen molar-refractivity contribution < 1.29 is 14.3 Å². The number of carbonyl (C=O) groups excluding carboxylic acids is 1. The highest BCUT2D eigenvalue weighted by molar-refractivity contribution is 7.15. The van der Waals surface area contributed by atoms with Crippen LogP contribution in [-0.2, 0) is 17.6 Å². The molecule has 0 unspecified atom stereocenters. The second-order valence-corrected chi connectivity index (χ2v) is 6.53. The first kappa shape index (κ1) is 13.6. The number of carbonyl (C=O) groups is 1. The molecule has 1 N–H and O–H groups in total. The minimum Gasteiger partial charge on any atom is -0.485 e. The van der Waals surface area contributed by atoms with Crippen LogP contribution in [0.4, 0.5) is 5.13 Å². The van der Waals surface area contributed by atoms with Gasteiger partial charge < -0.3 is 9.47 Å². The Balaban J connectivity index is 1.45. The van der Waals surface area contributed by atoms with Crippen LogP contribution in [0.1, 0.15) is 23.4 Å². The quantitative estimate of drug-likeness (QED) is 0.925. The average Bonchev–Trinajstić information content (AvgIpc) is 2.96. The molecule has 2 heterocycles. The first-order valence-corrected chi connectivity index (χ1v) is 8.29. The molecule has 22 heavy (non-hydrogen) atoms. The number of ether oxygens (including phenoxy) is 2. The molecule has 1 aliphatic heterocycles. The second kappa shape index (κ2) is 5.61. The van der Waals surface area contributed by atoms with Gasteiger partial charge in [-0.05, 0) is 37.8 Å². The Morgan fingerprint density at radius 3 is 2.91 bits per heavy atom. The van der Waals surface area contributed by atoms with E-state index in [1.807, 2.05) is 18.2 Å². The Morgan fingerprint density at radius 1 is 1.23 bits per heavy atom. The average molecular weight is 316 g/mol. The first-order valence-electron chi connectivity index (χ1n) is 7.47. The van der Waals surface area contributed by atoms with Crippen molar-refractivity contribution in [3.05, 3.63) is 34.8 Å². The van der Waals surface area contributed by atoms with Crippen molar-refractivity contribution in [2.45, 2.75) is 31.8 Å². The number of thiazole rings is 1. The number of anilines is 1. The molecule has 6 heteroatoms. The van der Waals surface area contributed by atoms with Gasteiger partial charge in [0.25, 0.3) is 5.91 Å². The van der Waals surface area contributed by atoms with Crippen LogP contribution < -0.4 is 14.8 Å². The normalized spacial score (nSPS) is 19.4. The van der Waals surface area contributed by atoms with Gasteiger partial charge in [0.1, 0.15) is 6.61 Å². The van der Waals surface area contributed by atoms with Crippen LogP contribution >= 0.6 is 11.3 Å². The number of amides is 1. The van der Waals surface area contributed by atoms with Gasteiger partial charge in [0.2, 0.25) is 6.10 Å². The van der Waals surface area contributed by atoms with Crippen molar-refractivity contribution in [2.75, 3.05) is 11.9 Å². The summed E-state index contributed by atoms with van der Waals surface area (Å²) in [4.78, 5) is 18.2. The van der Waals surface area contributed by atoms with Gasteiger partial charge in [-0.1, -0.05) is 12.1 Å². The summed E-state index contributed by atoms with van der Waals surface area (Å²) in [6.45, 7) is 0.216. The van der Waals surface area contributed by atoms with Crippen LogP contribution in [0.5, 0.6) is 11.5 Å². The van der Waals surface area contributed by atoms with Crippen molar-refractivity contribution >= 4 is 22.4 Å². The summed E-state index contributed by atoms with van der Waals surface area (Å²) in [6, 6.07) is 7.37. The molecule has 0 spiro atoms. The monoisotopic (exact) mass is 316 g/mol. The van der Waals surface area contributed by atoms with Crippen LogP contribution in [0.25, 0.3) is 0 Å². The SMILES string of the molecule is O=C(Nc1nc2c(s1)CCCC2)[C@@H]1COc2ccccc2O1. The Kier molecular flexibility index (Phi) is 3.46. The zero-order valence-electron chi connectivity index (χ0n) is 12.0. The van der Waals surface area contributed by atoms with Crippen LogP contribution in [0, 0.1) is 0 Å². The maximum Gasteiger partial charge on any atom is 0.270 e. The molecule has 0 bridgehead atoms. The summed E-state index contributed by atoms with van der Waals surface area (Å²) in [7, 11) is 0. The van der Waals surface area contributed by atoms with Crippen molar-refractivity contribution in [2.24, 2.45) is 0 Å². The number of nitrogens with zero attached hydrogens (tertiary/aromatic N) is 1. The van der Waals surface area contributed by atoms with Gasteiger partial charge in [0, 0.05) is 4.88 Å². The van der Waals surface area contributed by atoms with Gasteiger partial charge >= 0.3 is 0 Å². The smallest absolute Gasteiger partial charge is 0.270 e. The lowest BCUT2D eigenvalue weighted by molar-refractivity contribution is -0.125. The molecule has 0 saturated heterocycles. The molecular weight excluding hydrogens is 300 g/mol. The van der Waals surface area contributed by atoms with E-state index in [0.29, 0.717) is 16.6 Å². The number of para-hydroxylation sites is 2. The first-order chi connectivity index (χ1) is 10.8. The lowest BCUT2D eigenvalue weighted by Crippen LogP contribution is -2.40. The summed E-state index contributed by atoms with van der Waals surface area (Å²) in [5.41, 5.74) is 1.14. The largest absolute Gasteiger partial charge is 0.485 e. The van der Waals surface area contributed by atoms with Crippen molar-refractivity contribution in [1.29, 1.82) is 0 Å². The number of aromatic nitrogens is 1. The number of rotatable bonds is 2. The molecule has 4 rings (SSSR count). The van der Waals surface area contributed by atoms with Gasteiger partial charge in [-0.15, -0.1) is 11.3 Å². The molecular formula is C16H16N2O3S. The Bertz CT molecular complexity index is 690. The van der Waals surface area contributed by atoms with Gasteiger partial charge in [-0.25, -0.2) is 4.98 Å². The molecule has 1 aliphatic carbocycles. The summed E-state index contributed by atoms with van der Waals surface area (Å²) >= 11 is 1.57. The molecule has 1 amide bonds. The molecule has 1 atom stereocenters. The van der Waals surface area contributed by atoms with E-state index >= 15 is 0 Å². The van der Waals surface area contributed by atoms with E-state index in [-0.39, 0.29) is 12.5 Å². The third-order valence-electron chi connectivity index (χ3n) is 3.88. The van der Waals surface area contributed by atoms with E-state index in [9.17, 15) is 4.79 Å². The lowest BCUT2D eigenvalue weighted by atomic mass is 10.0. The second-order valence-electron chi connectivity index (χ2n) is 5.45. The lowest BCUT2D eigenvalue weighted by Gasteiger charge is -2.25. The molecule has 114 valence electrons. The van der Waals surface area contributed by atoms with Gasteiger partial charge in [0.15, 0.2) is 16.6 Å². The van der Waals surface area contributed by atoms with Crippen LogP contribution in [0.2, 0.25) is 0 Å². The van der Waals surface area contributed by atoms with Crippen molar-refractivity contribution in [3.8, 4) is 11.5 Å². The molecule has 0 fully saturated rings. The fourth-order valence-electron chi connectivity index (χ4n) is 2.74. The predicted molar refractivity (Wildman–Crippen MR) is 83.7 cm³/mol. The van der Waals surface area contributed by atoms with Gasteiger partial charge in [-0.2, -0.15) is 0 Å². The molecule has 0 saturated carbocycles. The van der Waals surface area contributed by atoms with Gasteiger partial charge in [-0.3, -0.25) is 10.1 Å². The molecule has 0 radical (unpaired) electrons. The molecule has 1 aromatic heterocycles. The Hall–Kier alpha value is -2.08. The van der Waals surface area contributed by atoms with Crippen LogP contribution in [0.15, 0.2) is 24.3 Å². The number of fused-ring (bicyclic) bond motifs is 2. The van der Waals surface area contributed by atoms with Gasteiger partial charge in [0.05, 0.1) is 5.69 Å². The van der Waals surface area contributed by atoms with Crippen molar-refractivity contribution in [1.82, 2.24) is 4.98 Å². The molecule has 2 aliphatic rings. The number of hydrogen-bond donors (Lipinski definition) is 1. The van der Waals surface area contributed by atoms with E-state index < -0.39 is 6.10 Å². The summed E-state index contributed by atoms with van der Waals surface area (Å²) in [6.07, 6.45) is 3.83. The van der Waals surface area contributed by atoms with E-state index in [4.69, 9.17) is 9.47 Å². The highest BCUT2D eigenvalue weighted by atomic mass is 32.1. The third kappa shape index (κ3) is 2.54. The van der Waals surface area contributed by atoms with E-state index in [1.165, 1.54) is 17.7 Å². The fourth-order valence-corrected chi connectivity index (χ4v) is 3.79. The number of aryl methyl sites for hydroxylation is 2. The summed E-state index contributed by atoms with van der Waals surface area (Å²) in [5.74, 6) is 1.07. The van der Waals surface area contributed by atoms with Crippen LogP contribution in [-0.4, -0.2) is 23.6 Å². The topological polar surface area (TPSA) is 60.5 Å². The number of nitrogens with one attached hydrogen (secondary N) is 1. The Morgan fingerprint density at radius 2 is 2.05 bits per heavy atom. The highest BCUT2D eigenvalue weighted by Crippen LogP contribution is 2.32. The van der Waals surface area contributed by atoms with E-state index in [2.05, 4.69) is 10.3 Å². The number of benzene rings is 1. The molecule has 2 aromatic rings. The molecule has 5 nitrogen and oxygen atoms in total. The van der Waals surface area contributed by atoms with Crippen LogP contribution in [0.3, 0.4) is 0 Å². The maximum atomic E-state index is 12.3. The minimum atomic E-state index is -0.643. The fraction of sp³-hybridized carbons (Fsp3) is 0.375. The van der Waals surface area contributed by atoms with E-state index in [1.54, 1.807) is 17.4 Å². The summed E-state index contributed by atoms with van der Waals surface area (Å²) < 4.78 is 11.3. The molecule has 1 aromatic carbocycles. The third-order valence-corrected chi connectivity index (χ3v) is 4.95. The highest BCUT2D eigenvalue weighted by Gasteiger charge is 2.28. The summed E-state index contributed by atoms with van der Waals surface area (Å²) in [5, 5.41) is 3.53. The minimum absolute atomic E-state index is 0.208. The maximum absolute atomic E-state index is 12.3. The predicted octanol–water partition coefficient (Wildman–Crippen LogP) is 2.80. The standard InChI is InChI=1S/C16H16N2O3S/c19-15(13-9-20-11-6-2-3-7-12(11)21-13)18-16-17-10-5-1-4-8-14(10)22-16/h2-3,6-7,13H,1,4-5,8-9H2,(H,17,18,19)/t13-/m0/s1. The zero-order chi connectivity index (χ0) is 14.9. The van der Waals surface area contributed by atoms with E-state index in [0.717, 1.165) is 18.5 Å².